The molecule has 116 valence electrons. The van der Waals surface area contributed by atoms with Crippen LogP contribution in [0.15, 0.2) is 42.5 Å². The van der Waals surface area contributed by atoms with Gasteiger partial charge in [0.15, 0.2) is 0 Å². The first-order chi connectivity index (χ1) is 10.7. The Hall–Kier alpha value is -1.87. The van der Waals surface area contributed by atoms with Crippen molar-refractivity contribution in [2.45, 2.75) is 19.8 Å². The predicted octanol–water partition coefficient (Wildman–Crippen LogP) is 2.83. The minimum absolute atomic E-state index is 0.224. The van der Waals surface area contributed by atoms with E-state index in [0.717, 1.165) is 25.1 Å². The van der Waals surface area contributed by atoms with Crippen molar-refractivity contribution in [1.82, 2.24) is 4.90 Å². The number of carbonyl (C=O) groups is 1. The van der Waals surface area contributed by atoms with Crippen LogP contribution in [0.2, 0.25) is 0 Å². The first-order valence-corrected chi connectivity index (χ1v) is 8.13. The molecule has 0 bridgehead atoms. The molecule has 0 spiro atoms. The summed E-state index contributed by atoms with van der Waals surface area (Å²) in [5.41, 5.74) is 6.96. The van der Waals surface area contributed by atoms with E-state index >= 15 is 0 Å². The molecular weight excluding hydrogens is 272 g/mol. The molecule has 2 atom stereocenters. The summed E-state index contributed by atoms with van der Waals surface area (Å²) in [6.07, 6.45) is 1.54. The minimum atomic E-state index is 0.224. The average molecular weight is 296 g/mol. The number of nitrogens with two attached hydrogens (primary N) is 1. The van der Waals surface area contributed by atoms with Crippen LogP contribution < -0.4 is 5.73 Å². The molecule has 1 saturated heterocycles. The predicted molar refractivity (Wildman–Crippen MR) is 90.6 cm³/mol. The number of likely N-dealkylation sites (tertiary alicyclic amines) is 1. The van der Waals surface area contributed by atoms with Gasteiger partial charge in [-0.2, -0.15) is 0 Å². The van der Waals surface area contributed by atoms with Gasteiger partial charge >= 0.3 is 0 Å². The molecule has 0 saturated carbocycles. The molecular formula is C19H24N2O. The number of benzene rings is 2. The van der Waals surface area contributed by atoms with Crippen molar-refractivity contribution in [3.05, 3.63) is 48.0 Å². The lowest BCUT2D eigenvalue weighted by Gasteiger charge is -2.36. The summed E-state index contributed by atoms with van der Waals surface area (Å²) in [5.74, 6) is 1.28. The van der Waals surface area contributed by atoms with Gasteiger partial charge in [-0.25, -0.2) is 0 Å². The van der Waals surface area contributed by atoms with Crippen LogP contribution in [0.4, 0.5) is 0 Å². The average Bonchev–Trinajstić information content (AvgIpc) is 2.55. The Labute approximate surface area is 132 Å². The van der Waals surface area contributed by atoms with E-state index in [-0.39, 0.29) is 5.91 Å². The van der Waals surface area contributed by atoms with Crippen LogP contribution in [-0.4, -0.2) is 30.4 Å². The van der Waals surface area contributed by atoms with Gasteiger partial charge in [-0.3, -0.25) is 4.79 Å². The van der Waals surface area contributed by atoms with E-state index in [2.05, 4.69) is 31.2 Å². The van der Waals surface area contributed by atoms with Gasteiger partial charge in [0.2, 0.25) is 5.91 Å². The number of nitrogens with zero attached hydrogens (tertiary/aromatic N) is 1. The zero-order valence-electron chi connectivity index (χ0n) is 13.2. The number of piperidine rings is 1. The molecule has 0 radical (unpaired) electrons. The highest BCUT2D eigenvalue weighted by atomic mass is 16.2. The maximum Gasteiger partial charge on any atom is 0.227 e. The monoisotopic (exact) mass is 296 g/mol. The summed E-state index contributed by atoms with van der Waals surface area (Å²) in [7, 11) is 0. The second kappa shape index (κ2) is 6.49. The van der Waals surface area contributed by atoms with Crippen LogP contribution in [0.3, 0.4) is 0 Å². The van der Waals surface area contributed by atoms with Gasteiger partial charge in [0.1, 0.15) is 0 Å². The molecule has 2 aromatic carbocycles. The Kier molecular flexibility index (Phi) is 4.44. The number of hydrogen-bond donors (Lipinski definition) is 1. The first-order valence-electron chi connectivity index (χ1n) is 8.13. The molecule has 1 aliphatic heterocycles. The van der Waals surface area contributed by atoms with Crippen molar-refractivity contribution in [3.63, 3.8) is 0 Å². The van der Waals surface area contributed by atoms with Gasteiger partial charge in [-0.1, -0.05) is 49.4 Å². The van der Waals surface area contributed by atoms with Crippen molar-refractivity contribution >= 4 is 16.7 Å². The molecule has 1 aliphatic rings. The summed E-state index contributed by atoms with van der Waals surface area (Å²) >= 11 is 0. The van der Waals surface area contributed by atoms with Crippen molar-refractivity contribution in [2.75, 3.05) is 19.6 Å². The fourth-order valence-electron chi connectivity index (χ4n) is 3.40. The lowest BCUT2D eigenvalue weighted by Crippen LogP contribution is -2.46. The van der Waals surface area contributed by atoms with Gasteiger partial charge in [0, 0.05) is 13.1 Å². The molecule has 2 N–H and O–H groups in total. The van der Waals surface area contributed by atoms with Gasteiger partial charge in [-0.15, -0.1) is 0 Å². The third-order valence-electron chi connectivity index (χ3n) is 4.99. The van der Waals surface area contributed by atoms with Crippen molar-refractivity contribution in [2.24, 2.45) is 17.6 Å². The Bertz CT molecular complexity index is 662. The second-order valence-electron chi connectivity index (χ2n) is 6.42. The molecule has 2 unspecified atom stereocenters. The molecule has 3 nitrogen and oxygen atoms in total. The largest absolute Gasteiger partial charge is 0.342 e. The maximum atomic E-state index is 12.7. The van der Waals surface area contributed by atoms with E-state index in [1.165, 1.54) is 10.8 Å². The number of fused-ring (bicyclic) bond motifs is 1. The van der Waals surface area contributed by atoms with Crippen LogP contribution in [0.5, 0.6) is 0 Å². The van der Waals surface area contributed by atoms with Gasteiger partial charge < -0.3 is 10.6 Å². The molecule has 22 heavy (non-hydrogen) atoms. The quantitative estimate of drug-likeness (QED) is 0.946. The SMILES string of the molecule is CC1CCN(C(=O)Cc2cccc3ccccc23)CC1CN. The fraction of sp³-hybridized carbons (Fsp3) is 0.421. The highest BCUT2D eigenvalue weighted by Crippen LogP contribution is 2.24. The lowest BCUT2D eigenvalue weighted by atomic mass is 9.87. The number of rotatable bonds is 3. The van der Waals surface area contributed by atoms with Crippen molar-refractivity contribution in [3.8, 4) is 0 Å². The fourth-order valence-corrected chi connectivity index (χ4v) is 3.40. The zero-order valence-corrected chi connectivity index (χ0v) is 13.2. The highest BCUT2D eigenvalue weighted by Gasteiger charge is 2.27. The van der Waals surface area contributed by atoms with E-state index in [4.69, 9.17) is 5.73 Å². The van der Waals surface area contributed by atoms with E-state index in [1.54, 1.807) is 0 Å². The molecule has 2 aromatic rings. The molecule has 3 heteroatoms. The maximum absolute atomic E-state index is 12.7. The van der Waals surface area contributed by atoms with Crippen LogP contribution >= 0.6 is 0 Å². The van der Waals surface area contributed by atoms with Crippen LogP contribution in [0.25, 0.3) is 10.8 Å². The standard InChI is InChI=1S/C19H24N2O/c1-14-9-10-21(13-17(14)12-20)19(22)11-16-7-4-6-15-5-2-3-8-18(15)16/h2-8,14,17H,9-13,20H2,1H3. The normalized spacial score (nSPS) is 22.0. The summed E-state index contributed by atoms with van der Waals surface area (Å²) in [5, 5.41) is 2.37. The highest BCUT2D eigenvalue weighted by molar-refractivity contribution is 5.90. The van der Waals surface area contributed by atoms with E-state index in [0.29, 0.717) is 24.8 Å². The Morgan fingerprint density at radius 2 is 2.00 bits per heavy atom. The van der Waals surface area contributed by atoms with Crippen molar-refractivity contribution < 1.29 is 4.79 Å². The molecule has 1 fully saturated rings. The first kappa shape index (κ1) is 15.0. The van der Waals surface area contributed by atoms with Crippen LogP contribution in [0, 0.1) is 11.8 Å². The molecule has 1 amide bonds. The minimum Gasteiger partial charge on any atom is -0.342 e. The Morgan fingerprint density at radius 1 is 1.23 bits per heavy atom. The molecule has 1 heterocycles. The summed E-state index contributed by atoms with van der Waals surface area (Å²) in [6, 6.07) is 14.4. The number of hydrogen-bond acceptors (Lipinski definition) is 2. The summed E-state index contributed by atoms with van der Waals surface area (Å²) in [6.45, 7) is 4.58. The lowest BCUT2D eigenvalue weighted by molar-refractivity contribution is -0.132. The summed E-state index contributed by atoms with van der Waals surface area (Å²) < 4.78 is 0. The van der Waals surface area contributed by atoms with E-state index < -0.39 is 0 Å². The van der Waals surface area contributed by atoms with Gasteiger partial charge in [0.25, 0.3) is 0 Å². The smallest absolute Gasteiger partial charge is 0.227 e. The van der Waals surface area contributed by atoms with E-state index in [1.807, 2.05) is 23.1 Å². The van der Waals surface area contributed by atoms with Crippen LogP contribution in [0.1, 0.15) is 18.9 Å². The Balaban J connectivity index is 1.76. The third kappa shape index (κ3) is 3.00. The second-order valence-corrected chi connectivity index (χ2v) is 6.42. The molecule has 0 aliphatic carbocycles. The molecule has 3 rings (SSSR count). The number of carbonyl (C=O) groups excluding carboxylic acids is 1. The van der Waals surface area contributed by atoms with Gasteiger partial charge in [-0.05, 0) is 41.1 Å². The van der Waals surface area contributed by atoms with Crippen molar-refractivity contribution in [1.29, 1.82) is 0 Å². The topological polar surface area (TPSA) is 46.3 Å². The zero-order chi connectivity index (χ0) is 15.5. The number of amides is 1. The van der Waals surface area contributed by atoms with E-state index in [9.17, 15) is 4.79 Å². The Morgan fingerprint density at radius 3 is 2.82 bits per heavy atom. The molecule has 0 aromatic heterocycles. The summed E-state index contributed by atoms with van der Waals surface area (Å²) in [4.78, 5) is 14.7. The van der Waals surface area contributed by atoms with Crippen LogP contribution in [-0.2, 0) is 11.2 Å². The third-order valence-corrected chi connectivity index (χ3v) is 4.99. The van der Waals surface area contributed by atoms with Gasteiger partial charge in [0.05, 0.1) is 6.42 Å².